The standard InChI is InChI=1S/C14H21F3N2O/c1-4-19(10-14(15,16)17)9-13(18-2)11-6-5-7-12(8-11)20-3/h5-8,13,18H,4,9-10H2,1-3H3. The maximum Gasteiger partial charge on any atom is 0.401 e. The summed E-state index contributed by atoms with van der Waals surface area (Å²) in [7, 11) is 3.31. The van der Waals surface area contributed by atoms with Gasteiger partial charge in [0.25, 0.3) is 0 Å². The molecule has 1 N–H and O–H groups in total. The molecule has 0 aromatic heterocycles. The normalized spacial score (nSPS) is 13.6. The van der Waals surface area contributed by atoms with Crippen LogP contribution in [0.15, 0.2) is 24.3 Å². The van der Waals surface area contributed by atoms with Crippen LogP contribution in [0.1, 0.15) is 18.5 Å². The maximum absolute atomic E-state index is 12.5. The summed E-state index contributed by atoms with van der Waals surface area (Å²) in [5.74, 6) is 0.696. The van der Waals surface area contributed by atoms with Gasteiger partial charge in [-0.05, 0) is 31.3 Å². The summed E-state index contributed by atoms with van der Waals surface area (Å²) in [4.78, 5) is 1.38. The van der Waals surface area contributed by atoms with Gasteiger partial charge in [-0.25, -0.2) is 0 Å². The zero-order valence-electron chi connectivity index (χ0n) is 12.0. The Kier molecular flexibility index (Phi) is 6.29. The lowest BCUT2D eigenvalue weighted by Crippen LogP contribution is -2.39. The van der Waals surface area contributed by atoms with Gasteiger partial charge < -0.3 is 10.1 Å². The Morgan fingerprint density at radius 3 is 2.55 bits per heavy atom. The number of rotatable bonds is 7. The summed E-state index contributed by atoms with van der Waals surface area (Å²) >= 11 is 0. The smallest absolute Gasteiger partial charge is 0.401 e. The SMILES string of the molecule is CCN(CC(NC)c1cccc(OC)c1)CC(F)(F)F. The fraction of sp³-hybridized carbons (Fsp3) is 0.571. The van der Waals surface area contributed by atoms with Gasteiger partial charge in [0.1, 0.15) is 5.75 Å². The van der Waals surface area contributed by atoms with Crippen LogP contribution in [0.4, 0.5) is 13.2 Å². The van der Waals surface area contributed by atoms with E-state index < -0.39 is 12.7 Å². The molecule has 0 radical (unpaired) electrons. The zero-order chi connectivity index (χ0) is 15.2. The monoisotopic (exact) mass is 290 g/mol. The highest BCUT2D eigenvalue weighted by Crippen LogP contribution is 2.22. The van der Waals surface area contributed by atoms with Crippen LogP contribution in [0.25, 0.3) is 0 Å². The van der Waals surface area contributed by atoms with Crippen molar-refractivity contribution >= 4 is 0 Å². The fourth-order valence-electron chi connectivity index (χ4n) is 2.04. The number of alkyl halides is 3. The first-order valence-corrected chi connectivity index (χ1v) is 6.50. The van der Waals surface area contributed by atoms with Crippen LogP contribution in [0, 0.1) is 0 Å². The van der Waals surface area contributed by atoms with Crippen LogP contribution < -0.4 is 10.1 Å². The van der Waals surface area contributed by atoms with Crippen LogP contribution >= 0.6 is 0 Å². The van der Waals surface area contributed by atoms with E-state index in [1.165, 1.54) is 4.90 Å². The topological polar surface area (TPSA) is 24.5 Å². The van der Waals surface area contributed by atoms with Gasteiger partial charge in [-0.2, -0.15) is 13.2 Å². The van der Waals surface area contributed by atoms with Crippen LogP contribution in [0.2, 0.25) is 0 Å². The molecule has 0 amide bonds. The number of halogens is 3. The molecule has 0 aliphatic heterocycles. The predicted molar refractivity (Wildman–Crippen MR) is 73.0 cm³/mol. The highest BCUT2D eigenvalue weighted by molar-refractivity contribution is 5.30. The summed E-state index contributed by atoms with van der Waals surface area (Å²) < 4.78 is 42.6. The van der Waals surface area contributed by atoms with E-state index in [2.05, 4.69) is 5.32 Å². The van der Waals surface area contributed by atoms with Crippen LogP contribution in [-0.4, -0.2) is 44.9 Å². The highest BCUT2D eigenvalue weighted by Gasteiger charge is 2.31. The molecule has 0 aliphatic rings. The van der Waals surface area contributed by atoms with Crippen molar-refractivity contribution in [2.45, 2.75) is 19.1 Å². The quantitative estimate of drug-likeness (QED) is 0.835. The molecule has 0 heterocycles. The van der Waals surface area contributed by atoms with E-state index in [0.717, 1.165) is 5.56 Å². The van der Waals surface area contributed by atoms with Gasteiger partial charge in [-0.1, -0.05) is 19.1 Å². The molecular weight excluding hydrogens is 269 g/mol. The Morgan fingerprint density at radius 1 is 1.35 bits per heavy atom. The Bertz CT molecular complexity index is 410. The minimum absolute atomic E-state index is 0.174. The van der Waals surface area contributed by atoms with Crippen LogP contribution in [-0.2, 0) is 0 Å². The summed E-state index contributed by atoms with van der Waals surface area (Å²) in [6.45, 7) is 1.47. The van der Waals surface area contributed by atoms with Gasteiger partial charge in [0.05, 0.1) is 13.7 Å². The molecule has 0 fully saturated rings. The van der Waals surface area contributed by atoms with Crippen molar-refractivity contribution in [3.8, 4) is 5.75 Å². The second-order valence-corrected chi connectivity index (χ2v) is 4.56. The second kappa shape index (κ2) is 7.50. The molecule has 0 aliphatic carbocycles. The van der Waals surface area contributed by atoms with E-state index in [0.29, 0.717) is 18.8 Å². The summed E-state index contributed by atoms with van der Waals surface area (Å²) in [6.07, 6.45) is -4.18. The van der Waals surface area contributed by atoms with Crippen molar-refractivity contribution in [3.05, 3.63) is 29.8 Å². The number of nitrogens with one attached hydrogen (secondary N) is 1. The lowest BCUT2D eigenvalue weighted by molar-refractivity contribution is -0.146. The van der Waals surface area contributed by atoms with Crippen LogP contribution in [0.5, 0.6) is 5.75 Å². The molecule has 1 atom stereocenters. The number of likely N-dealkylation sites (N-methyl/N-ethyl adjacent to an activating group) is 2. The number of methoxy groups -OCH3 is 1. The first-order chi connectivity index (χ1) is 9.39. The number of ether oxygens (including phenoxy) is 1. The number of hydrogen-bond acceptors (Lipinski definition) is 3. The second-order valence-electron chi connectivity index (χ2n) is 4.56. The predicted octanol–water partition coefficient (Wildman–Crippen LogP) is 2.84. The Balaban J connectivity index is 2.78. The summed E-state index contributed by atoms with van der Waals surface area (Å²) in [5, 5.41) is 3.06. The van der Waals surface area contributed by atoms with E-state index in [9.17, 15) is 13.2 Å². The first-order valence-electron chi connectivity index (χ1n) is 6.50. The molecule has 3 nitrogen and oxygen atoms in total. The molecule has 0 saturated heterocycles. The largest absolute Gasteiger partial charge is 0.497 e. The fourth-order valence-corrected chi connectivity index (χ4v) is 2.04. The molecule has 0 spiro atoms. The number of nitrogens with zero attached hydrogens (tertiary/aromatic N) is 1. The molecule has 1 aromatic rings. The zero-order valence-corrected chi connectivity index (χ0v) is 12.0. The van der Waals surface area contributed by atoms with Gasteiger partial charge in [-0.15, -0.1) is 0 Å². The molecule has 1 aromatic carbocycles. The van der Waals surface area contributed by atoms with Crippen molar-refractivity contribution in [1.82, 2.24) is 10.2 Å². The third kappa shape index (κ3) is 5.38. The molecule has 0 bridgehead atoms. The average molecular weight is 290 g/mol. The lowest BCUT2D eigenvalue weighted by Gasteiger charge is -2.27. The van der Waals surface area contributed by atoms with E-state index >= 15 is 0 Å². The molecule has 114 valence electrons. The molecule has 1 unspecified atom stereocenters. The Labute approximate surface area is 117 Å². The first kappa shape index (κ1) is 16.8. The third-order valence-electron chi connectivity index (χ3n) is 3.14. The molecule has 1 rings (SSSR count). The minimum Gasteiger partial charge on any atom is -0.497 e. The summed E-state index contributed by atoms with van der Waals surface area (Å²) in [5.41, 5.74) is 0.910. The van der Waals surface area contributed by atoms with Crippen molar-refractivity contribution in [1.29, 1.82) is 0 Å². The Hall–Kier alpha value is -1.27. The van der Waals surface area contributed by atoms with Crippen LogP contribution in [0.3, 0.4) is 0 Å². The van der Waals surface area contributed by atoms with E-state index in [1.54, 1.807) is 21.1 Å². The van der Waals surface area contributed by atoms with Gasteiger partial charge >= 0.3 is 6.18 Å². The number of benzene rings is 1. The van der Waals surface area contributed by atoms with E-state index in [1.807, 2.05) is 24.3 Å². The van der Waals surface area contributed by atoms with Crippen molar-refractivity contribution in [2.75, 3.05) is 33.8 Å². The highest BCUT2D eigenvalue weighted by atomic mass is 19.4. The Morgan fingerprint density at radius 2 is 2.05 bits per heavy atom. The minimum atomic E-state index is -4.18. The molecule has 20 heavy (non-hydrogen) atoms. The number of hydrogen-bond donors (Lipinski definition) is 1. The van der Waals surface area contributed by atoms with Gasteiger partial charge in [0.2, 0.25) is 0 Å². The summed E-state index contributed by atoms with van der Waals surface area (Å²) in [6, 6.07) is 7.18. The van der Waals surface area contributed by atoms with Gasteiger partial charge in [0.15, 0.2) is 0 Å². The molecule has 6 heteroatoms. The van der Waals surface area contributed by atoms with Gasteiger partial charge in [-0.3, -0.25) is 4.90 Å². The maximum atomic E-state index is 12.5. The lowest BCUT2D eigenvalue weighted by atomic mass is 10.1. The van der Waals surface area contributed by atoms with Gasteiger partial charge in [0, 0.05) is 12.6 Å². The van der Waals surface area contributed by atoms with Crippen molar-refractivity contribution in [2.24, 2.45) is 0 Å². The molecule has 0 saturated carbocycles. The van der Waals surface area contributed by atoms with E-state index in [-0.39, 0.29) is 6.04 Å². The van der Waals surface area contributed by atoms with Crippen molar-refractivity contribution < 1.29 is 17.9 Å². The third-order valence-corrected chi connectivity index (χ3v) is 3.14. The van der Waals surface area contributed by atoms with Crippen molar-refractivity contribution in [3.63, 3.8) is 0 Å². The molecular formula is C14H21F3N2O. The average Bonchev–Trinajstić information content (AvgIpc) is 2.42. The van der Waals surface area contributed by atoms with E-state index in [4.69, 9.17) is 4.74 Å².